The Morgan fingerprint density at radius 1 is 1.23 bits per heavy atom. The zero-order valence-electron chi connectivity index (χ0n) is 16.4. The molecule has 1 aromatic carbocycles. The van der Waals surface area contributed by atoms with Crippen molar-refractivity contribution in [1.29, 1.82) is 0 Å². The number of carbonyl (C=O) groups is 2. The van der Waals surface area contributed by atoms with E-state index < -0.39 is 5.97 Å². The van der Waals surface area contributed by atoms with Crippen molar-refractivity contribution in [3.05, 3.63) is 44.8 Å². The number of hydrogen-bond acceptors (Lipinski definition) is 7. The molecule has 2 aromatic heterocycles. The molecule has 0 aliphatic rings. The molecule has 7 nitrogen and oxygen atoms in total. The van der Waals surface area contributed by atoms with E-state index >= 15 is 0 Å². The second-order valence-electron chi connectivity index (χ2n) is 6.11. The lowest BCUT2D eigenvalue weighted by Gasteiger charge is -2.08. The monoisotopic (exact) mass is 484 g/mol. The summed E-state index contributed by atoms with van der Waals surface area (Å²) < 4.78 is 6.66. The summed E-state index contributed by atoms with van der Waals surface area (Å²) in [4.78, 5) is 25.2. The first-order valence-corrected chi connectivity index (χ1v) is 11.4. The van der Waals surface area contributed by atoms with E-state index in [0.29, 0.717) is 38.1 Å². The van der Waals surface area contributed by atoms with Crippen LogP contribution in [0, 0.1) is 6.92 Å². The summed E-state index contributed by atoms with van der Waals surface area (Å²) in [5, 5.41) is 13.2. The number of hydrogen-bond donors (Lipinski definition) is 1. The van der Waals surface area contributed by atoms with Crippen LogP contribution in [0.5, 0.6) is 0 Å². The molecule has 0 atom stereocenters. The highest BCUT2D eigenvalue weighted by Gasteiger charge is 2.19. The zero-order valence-corrected chi connectivity index (χ0v) is 19.5. The number of ether oxygens (including phenoxy) is 1. The third-order valence-corrected chi connectivity index (χ3v) is 6.73. The number of rotatable bonds is 7. The van der Waals surface area contributed by atoms with Crippen LogP contribution in [0.2, 0.25) is 10.0 Å². The van der Waals surface area contributed by atoms with Gasteiger partial charge in [0.15, 0.2) is 11.0 Å². The quantitative estimate of drug-likeness (QED) is 0.368. The van der Waals surface area contributed by atoms with E-state index in [9.17, 15) is 9.59 Å². The first-order chi connectivity index (χ1) is 14.3. The van der Waals surface area contributed by atoms with Crippen molar-refractivity contribution in [3.63, 3.8) is 0 Å². The van der Waals surface area contributed by atoms with Crippen molar-refractivity contribution >= 4 is 63.2 Å². The fraction of sp³-hybridized carbons (Fsp3) is 0.263. The Bertz CT molecular complexity index is 1100. The molecule has 0 saturated carbocycles. The summed E-state index contributed by atoms with van der Waals surface area (Å²) in [6.45, 7) is 4.44. The van der Waals surface area contributed by atoms with Gasteiger partial charge in [0.1, 0.15) is 5.00 Å². The molecule has 11 heteroatoms. The van der Waals surface area contributed by atoms with E-state index in [1.165, 1.54) is 30.2 Å². The Kier molecular flexibility index (Phi) is 7.41. The van der Waals surface area contributed by atoms with Gasteiger partial charge < -0.3 is 14.6 Å². The number of thioether (sulfide) groups is 1. The number of anilines is 1. The van der Waals surface area contributed by atoms with Crippen LogP contribution < -0.4 is 5.32 Å². The molecule has 3 rings (SSSR count). The van der Waals surface area contributed by atoms with E-state index in [4.69, 9.17) is 27.9 Å². The standard InChI is InChI=1S/C19H18Cl2N4O3S2/c1-4-25-16(11-5-6-13(20)14(21)8-11)23-24-19(25)29-9-15(26)22-17-12(18(27)28-3)7-10(2)30-17/h5-8H,4,9H2,1-3H3,(H,22,26). The smallest absolute Gasteiger partial charge is 0.340 e. The molecule has 158 valence electrons. The molecule has 30 heavy (non-hydrogen) atoms. The molecule has 3 aromatic rings. The second-order valence-corrected chi connectivity index (χ2v) is 9.12. The van der Waals surface area contributed by atoms with Gasteiger partial charge >= 0.3 is 5.97 Å². The van der Waals surface area contributed by atoms with Crippen LogP contribution in [-0.2, 0) is 16.1 Å². The fourth-order valence-corrected chi connectivity index (χ4v) is 4.71. The molecule has 0 aliphatic carbocycles. The predicted molar refractivity (Wildman–Crippen MR) is 121 cm³/mol. The Hall–Kier alpha value is -2.07. The van der Waals surface area contributed by atoms with Gasteiger partial charge in [-0.2, -0.15) is 0 Å². The van der Waals surface area contributed by atoms with E-state index in [1.54, 1.807) is 18.2 Å². The van der Waals surface area contributed by atoms with Gasteiger partial charge in [-0.25, -0.2) is 4.79 Å². The third-order valence-electron chi connectivity index (χ3n) is 4.06. The van der Waals surface area contributed by atoms with Crippen LogP contribution in [0.25, 0.3) is 11.4 Å². The van der Waals surface area contributed by atoms with Crippen LogP contribution >= 0.6 is 46.3 Å². The Balaban J connectivity index is 1.72. The summed E-state index contributed by atoms with van der Waals surface area (Å²) >= 11 is 14.7. The minimum absolute atomic E-state index is 0.108. The number of methoxy groups -OCH3 is 1. The normalized spacial score (nSPS) is 10.8. The second kappa shape index (κ2) is 9.82. The largest absolute Gasteiger partial charge is 0.465 e. The molecule has 1 N–H and O–H groups in total. The molecular formula is C19H18Cl2N4O3S2. The lowest BCUT2D eigenvalue weighted by atomic mass is 10.2. The maximum absolute atomic E-state index is 12.4. The van der Waals surface area contributed by atoms with Crippen molar-refractivity contribution in [3.8, 4) is 11.4 Å². The summed E-state index contributed by atoms with van der Waals surface area (Å²) in [6.07, 6.45) is 0. The van der Waals surface area contributed by atoms with Gasteiger partial charge in [-0.1, -0.05) is 35.0 Å². The number of halogens is 2. The van der Waals surface area contributed by atoms with E-state index in [-0.39, 0.29) is 11.7 Å². The molecule has 1 amide bonds. The SMILES string of the molecule is CCn1c(SCC(=O)Nc2sc(C)cc2C(=O)OC)nnc1-c1ccc(Cl)c(Cl)c1. The number of nitrogens with zero attached hydrogens (tertiary/aromatic N) is 3. The summed E-state index contributed by atoms with van der Waals surface area (Å²) in [7, 11) is 1.31. The minimum Gasteiger partial charge on any atom is -0.465 e. The lowest BCUT2D eigenvalue weighted by Crippen LogP contribution is -2.16. The summed E-state index contributed by atoms with van der Waals surface area (Å²) in [6, 6.07) is 6.94. The molecule has 0 fully saturated rings. The number of thiophene rings is 1. The van der Waals surface area contributed by atoms with Gasteiger partial charge in [-0.05, 0) is 38.1 Å². The van der Waals surface area contributed by atoms with Gasteiger partial charge in [0.25, 0.3) is 0 Å². The van der Waals surface area contributed by atoms with Crippen molar-refractivity contribution in [2.24, 2.45) is 0 Å². The summed E-state index contributed by atoms with van der Waals surface area (Å²) in [5.74, 6) is 0.00531. The minimum atomic E-state index is -0.487. The van der Waals surface area contributed by atoms with E-state index in [2.05, 4.69) is 15.5 Å². The van der Waals surface area contributed by atoms with Crippen LogP contribution in [-0.4, -0.2) is 39.5 Å². The molecule has 0 bridgehead atoms. The molecular weight excluding hydrogens is 467 g/mol. The van der Waals surface area contributed by atoms with Crippen LogP contribution in [0.4, 0.5) is 5.00 Å². The number of benzene rings is 1. The molecule has 0 saturated heterocycles. The Morgan fingerprint density at radius 3 is 2.67 bits per heavy atom. The predicted octanol–water partition coefficient (Wildman–Crippen LogP) is 5.16. The number of aryl methyl sites for hydroxylation is 1. The van der Waals surface area contributed by atoms with Crippen molar-refractivity contribution in [1.82, 2.24) is 14.8 Å². The van der Waals surface area contributed by atoms with Crippen molar-refractivity contribution in [2.45, 2.75) is 25.5 Å². The molecule has 0 unspecified atom stereocenters. The highest BCUT2D eigenvalue weighted by atomic mass is 35.5. The zero-order chi connectivity index (χ0) is 21.8. The lowest BCUT2D eigenvalue weighted by molar-refractivity contribution is -0.113. The average Bonchev–Trinajstić information content (AvgIpc) is 3.30. The third kappa shape index (κ3) is 4.97. The number of nitrogens with one attached hydrogen (secondary N) is 1. The first-order valence-electron chi connectivity index (χ1n) is 8.84. The van der Waals surface area contributed by atoms with Gasteiger partial charge in [0, 0.05) is 17.0 Å². The number of carbonyl (C=O) groups excluding carboxylic acids is 2. The fourth-order valence-electron chi connectivity index (χ4n) is 2.69. The highest BCUT2D eigenvalue weighted by molar-refractivity contribution is 7.99. The summed E-state index contributed by atoms with van der Waals surface area (Å²) in [5.41, 5.74) is 1.13. The average molecular weight is 485 g/mol. The number of aromatic nitrogens is 3. The molecule has 0 radical (unpaired) electrons. The van der Waals surface area contributed by atoms with Gasteiger partial charge in [0.05, 0.1) is 28.5 Å². The van der Waals surface area contributed by atoms with Crippen molar-refractivity contribution < 1.29 is 14.3 Å². The number of esters is 1. The Morgan fingerprint density at radius 2 is 2.00 bits per heavy atom. The molecule has 0 aliphatic heterocycles. The van der Waals surface area contributed by atoms with Gasteiger partial charge in [-0.3, -0.25) is 4.79 Å². The number of amides is 1. The highest BCUT2D eigenvalue weighted by Crippen LogP contribution is 2.31. The van der Waals surface area contributed by atoms with Gasteiger partial charge in [-0.15, -0.1) is 21.5 Å². The van der Waals surface area contributed by atoms with E-state index in [0.717, 1.165) is 10.4 Å². The van der Waals surface area contributed by atoms with Gasteiger partial charge in [0.2, 0.25) is 5.91 Å². The van der Waals surface area contributed by atoms with Crippen molar-refractivity contribution in [2.75, 3.05) is 18.2 Å². The first kappa shape index (κ1) is 22.6. The molecule has 2 heterocycles. The Labute approximate surface area is 191 Å². The topological polar surface area (TPSA) is 86.1 Å². The van der Waals surface area contributed by atoms with Crippen LogP contribution in [0.15, 0.2) is 29.4 Å². The van der Waals surface area contributed by atoms with Crippen LogP contribution in [0.3, 0.4) is 0 Å². The maximum Gasteiger partial charge on any atom is 0.340 e. The van der Waals surface area contributed by atoms with E-state index in [1.807, 2.05) is 24.5 Å². The molecule has 0 spiro atoms. The van der Waals surface area contributed by atoms with Crippen LogP contribution in [0.1, 0.15) is 22.2 Å². The maximum atomic E-state index is 12.4.